The third kappa shape index (κ3) is 3.42. The van der Waals surface area contributed by atoms with Gasteiger partial charge in [0.05, 0.1) is 28.9 Å². The Kier molecular flexibility index (Phi) is 4.61. The average molecular weight is 377 g/mol. The average Bonchev–Trinajstić information content (AvgIpc) is 2.61. The number of aromatic nitrogens is 1. The first kappa shape index (κ1) is 17.2. The van der Waals surface area contributed by atoms with Crippen molar-refractivity contribution in [2.45, 2.75) is 4.90 Å². The van der Waals surface area contributed by atoms with Crippen molar-refractivity contribution >= 4 is 44.2 Å². The molecule has 0 amide bonds. The number of fused-ring (bicyclic) bond motifs is 1. The van der Waals surface area contributed by atoms with Crippen LogP contribution in [0.5, 0.6) is 0 Å². The van der Waals surface area contributed by atoms with Crippen LogP contribution >= 0.6 is 11.6 Å². The topological polar surface area (TPSA) is 85.4 Å². The number of anilines is 1. The van der Waals surface area contributed by atoms with Crippen molar-refractivity contribution < 1.29 is 17.9 Å². The van der Waals surface area contributed by atoms with E-state index in [1.807, 2.05) is 12.1 Å². The van der Waals surface area contributed by atoms with Gasteiger partial charge in [-0.1, -0.05) is 29.8 Å². The van der Waals surface area contributed by atoms with Gasteiger partial charge in [-0.2, -0.15) is 0 Å². The molecule has 1 aromatic heterocycles. The van der Waals surface area contributed by atoms with E-state index in [-0.39, 0.29) is 15.5 Å². The van der Waals surface area contributed by atoms with Gasteiger partial charge in [-0.25, -0.2) is 13.2 Å². The minimum Gasteiger partial charge on any atom is -0.465 e. The number of rotatable bonds is 4. The van der Waals surface area contributed by atoms with Crippen LogP contribution in [-0.2, 0) is 14.8 Å². The molecule has 3 aromatic rings. The molecule has 25 heavy (non-hydrogen) atoms. The molecule has 0 atom stereocenters. The molecular weight excluding hydrogens is 364 g/mol. The molecule has 0 radical (unpaired) electrons. The van der Waals surface area contributed by atoms with Crippen molar-refractivity contribution in [3.63, 3.8) is 0 Å². The summed E-state index contributed by atoms with van der Waals surface area (Å²) in [4.78, 5) is 15.6. The van der Waals surface area contributed by atoms with Crippen LogP contribution in [0.3, 0.4) is 0 Å². The Labute approximate surface area is 149 Å². The van der Waals surface area contributed by atoms with E-state index in [1.165, 1.54) is 25.3 Å². The lowest BCUT2D eigenvalue weighted by atomic mass is 10.2. The van der Waals surface area contributed by atoms with E-state index >= 15 is 0 Å². The van der Waals surface area contributed by atoms with E-state index in [0.717, 1.165) is 5.39 Å². The van der Waals surface area contributed by atoms with E-state index in [0.29, 0.717) is 11.2 Å². The summed E-state index contributed by atoms with van der Waals surface area (Å²) in [5.41, 5.74) is 0.912. The largest absolute Gasteiger partial charge is 0.465 e. The predicted molar refractivity (Wildman–Crippen MR) is 95.3 cm³/mol. The molecular formula is C17H13ClN2O4S. The van der Waals surface area contributed by atoms with Gasteiger partial charge in [0, 0.05) is 11.6 Å². The summed E-state index contributed by atoms with van der Waals surface area (Å²) < 4.78 is 32.6. The number of nitrogens with one attached hydrogen (secondary N) is 1. The number of halogens is 1. The van der Waals surface area contributed by atoms with Crippen molar-refractivity contribution in [3.8, 4) is 0 Å². The lowest BCUT2D eigenvalue weighted by Crippen LogP contribution is -2.15. The fourth-order valence-electron chi connectivity index (χ4n) is 2.34. The van der Waals surface area contributed by atoms with E-state index < -0.39 is 16.0 Å². The summed E-state index contributed by atoms with van der Waals surface area (Å²) in [6.07, 6.45) is 1.57. The number of esters is 1. The molecule has 0 saturated carbocycles. The van der Waals surface area contributed by atoms with Gasteiger partial charge in [-0.05, 0) is 30.3 Å². The van der Waals surface area contributed by atoms with Crippen molar-refractivity contribution in [1.29, 1.82) is 0 Å². The Hall–Kier alpha value is -2.64. The van der Waals surface area contributed by atoms with Gasteiger partial charge < -0.3 is 4.74 Å². The number of nitrogens with zero attached hydrogens (tertiary/aromatic N) is 1. The first-order valence-corrected chi connectivity index (χ1v) is 9.03. The van der Waals surface area contributed by atoms with E-state index in [2.05, 4.69) is 14.4 Å². The van der Waals surface area contributed by atoms with Crippen molar-refractivity contribution in [1.82, 2.24) is 4.98 Å². The van der Waals surface area contributed by atoms with Crippen LogP contribution in [0.2, 0.25) is 5.02 Å². The molecule has 128 valence electrons. The van der Waals surface area contributed by atoms with Crippen LogP contribution in [0.25, 0.3) is 10.9 Å². The summed E-state index contributed by atoms with van der Waals surface area (Å²) in [6, 6.07) is 12.6. The zero-order chi connectivity index (χ0) is 18.0. The number of hydrogen-bond acceptors (Lipinski definition) is 5. The monoisotopic (exact) mass is 376 g/mol. The molecule has 6 nitrogen and oxygen atoms in total. The lowest BCUT2D eigenvalue weighted by Gasteiger charge is -2.12. The lowest BCUT2D eigenvalue weighted by molar-refractivity contribution is 0.0600. The number of sulfonamides is 1. The summed E-state index contributed by atoms with van der Waals surface area (Å²) in [6.45, 7) is 0. The standard InChI is InChI=1S/C17H13ClN2O4S/c1-24-17(21)12-7-8-13(18)15(10-12)25(22,23)20-14-6-2-4-11-5-3-9-19-16(11)14/h2-10,20H,1H3. The third-order valence-corrected chi connectivity index (χ3v) is 5.37. The van der Waals surface area contributed by atoms with Crippen molar-refractivity contribution in [2.75, 3.05) is 11.8 Å². The number of para-hydroxylation sites is 1. The molecule has 3 rings (SSSR count). The number of hydrogen-bond donors (Lipinski definition) is 1. The smallest absolute Gasteiger partial charge is 0.337 e. The van der Waals surface area contributed by atoms with Crippen LogP contribution < -0.4 is 4.72 Å². The maximum Gasteiger partial charge on any atom is 0.337 e. The van der Waals surface area contributed by atoms with Crippen LogP contribution in [0.1, 0.15) is 10.4 Å². The quantitative estimate of drug-likeness (QED) is 0.704. The Morgan fingerprint density at radius 1 is 1.16 bits per heavy atom. The molecule has 0 fully saturated rings. The van der Waals surface area contributed by atoms with Gasteiger partial charge in [0.25, 0.3) is 10.0 Å². The molecule has 8 heteroatoms. The SMILES string of the molecule is COC(=O)c1ccc(Cl)c(S(=O)(=O)Nc2cccc3cccnc23)c1. The van der Waals surface area contributed by atoms with E-state index in [4.69, 9.17) is 11.6 Å². The second-order valence-electron chi connectivity index (χ2n) is 5.12. The molecule has 1 N–H and O–H groups in total. The highest BCUT2D eigenvalue weighted by atomic mass is 35.5. The number of ether oxygens (including phenoxy) is 1. The second kappa shape index (κ2) is 6.70. The molecule has 0 spiro atoms. The first-order valence-electron chi connectivity index (χ1n) is 7.17. The number of carbonyl (C=O) groups excluding carboxylic acids is 1. The Balaban J connectivity index is 2.06. The minimum atomic E-state index is -4.03. The van der Waals surface area contributed by atoms with Gasteiger partial charge in [0.15, 0.2) is 0 Å². The maximum atomic E-state index is 12.8. The van der Waals surface area contributed by atoms with Crippen molar-refractivity contribution in [3.05, 3.63) is 65.3 Å². The van der Waals surface area contributed by atoms with Crippen LogP contribution in [0.15, 0.2) is 59.6 Å². The van der Waals surface area contributed by atoms with E-state index in [9.17, 15) is 13.2 Å². The number of carbonyl (C=O) groups is 1. The fraction of sp³-hybridized carbons (Fsp3) is 0.0588. The van der Waals surface area contributed by atoms with Crippen LogP contribution in [0, 0.1) is 0 Å². The van der Waals surface area contributed by atoms with Crippen molar-refractivity contribution in [2.24, 2.45) is 0 Å². The Morgan fingerprint density at radius 2 is 1.92 bits per heavy atom. The van der Waals surface area contributed by atoms with Gasteiger partial charge >= 0.3 is 5.97 Å². The highest BCUT2D eigenvalue weighted by Crippen LogP contribution is 2.28. The highest BCUT2D eigenvalue weighted by molar-refractivity contribution is 7.92. The van der Waals surface area contributed by atoms with Gasteiger partial charge in [0.1, 0.15) is 4.90 Å². The minimum absolute atomic E-state index is 0.00616. The van der Waals surface area contributed by atoms with Crippen LogP contribution in [-0.4, -0.2) is 26.5 Å². The molecule has 0 aliphatic heterocycles. The summed E-state index contributed by atoms with van der Waals surface area (Å²) in [5, 5.41) is 0.783. The van der Waals surface area contributed by atoms with Gasteiger partial charge in [-0.15, -0.1) is 0 Å². The number of benzene rings is 2. The molecule has 0 aliphatic rings. The fourth-order valence-corrected chi connectivity index (χ4v) is 3.93. The third-order valence-electron chi connectivity index (χ3n) is 3.52. The highest BCUT2D eigenvalue weighted by Gasteiger charge is 2.21. The maximum absolute atomic E-state index is 12.8. The molecule has 1 heterocycles. The first-order chi connectivity index (χ1) is 11.9. The number of methoxy groups -OCH3 is 1. The summed E-state index contributed by atoms with van der Waals surface area (Å²) in [5.74, 6) is -0.653. The van der Waals surface area contributed by atoms with Gasteiger partial charge in [-0.3, -0.25) is 9.71 Å². The Morgan fingerprint density at radius 3 is 2.68 bits per heavy atom. The second-order valence-corrected chi connectivity index (χ2v) is 7.18. The summed E-state index contributed by atoms with van der Waals surface area (Å²) in [7, 11) is -2.82. The summed E-state index contributed by atoms with van der Waals surface area (Å²) >= 11 is 6.03. The Bertz CT molecular complexity index is 1060. The van der Waals surface area contributed by atoms with Crippen LogP contribution in [0.4, 0.5) is 5.69 Å². The number of pyridine rings is 1. The molecule has 0 saturated heterocycles. The zero-order valence-electron chi connectivity index (χ0n) is 13.1. The molecule has 2 aromatic carbocycles. The molecule has 0 aliphatic carbocycles. The molecule has 0 bridgehead atoms. The van der Waals surface area contributed by atoms with Gasteiger partial charge in [0.2, 0.25) is 0 Å². The molecule has 0 unspecified atom stereocenters. The van der Waals surface area contributed by atoms with E-state index in [1.54, 1.807) is 24.4 Å². The zero-order valence-corrected chi connectivity index (χ0v) is 14.6. The predicted octanol–water partition coefficient (Wildman–Crippen LogP) is 3.48. The normalized spacial score (nSPS) is 11.3.